The number of nitrogens with zero attached hydrogens (tertiary/aromatic N) is 1. The Morgan fingerprint density at radius 3 is 2.67 bits per heavy atom. The predicted molar refractivity (Wildman–Crippen MR) is 83.6 cm³/mol. The second-order valence-corrected chi connectivity index (χ2v) is 6.30. The fraction of sp³-hybridized carbons (Fsp3) is 0.643. The van der Waals surface area contributed by atoms with Gasteiger partial charge in [0.2, 0.25) is 0 Å². The lowest BCUT2D eigenvalue weighted by molar-refractivity contribution is -0.124. The molecule has 1 amide bonds. The molecular weight excluding hydrogens is 290 g/mol. The van der Waals surface area contributed by atoms with Crippen molar-refractivity contribution in [2.24, 2.45) is 5.92 Å². The average molecular weight is 313 g/mol. The van der Waals surface area contributed by atoms with E-state index in [0.29, 0.717) is 11.0 Å². The van der Waals surface area contributed by atoms with E-state index in [1.165, 1.54) is 11.3 Å². The van der Waals surface area contributed by atoms with Crippen LogP contribution in [0.5, 0.6) is 0 Å². The van der Waals surface area contributed by atoms with E-state index in [0.717, 1.165) is 13.0 Å². The minimum atomic E-state index is -0.581. The Balaban J connectivity index is 2.38. The normalized spacial score (nSPS) is 10.8. The first-order chi connectivity index (χ1) is 9.88. The van der Waals surface area contributed by atoms with Gasteiger partial charge in [0.15, 0.2) is 17.4 Å². The maximum absolute atomic E-state index is 11.7. The van der Waals surface area contributed by atoms with Gasteiger partial charge in [-0.15, -0.1) is 11.3 Å². The molecule has 0 spiro atoms. The van der Waals surface area contributed by atoms with Crippen LogP contribution in [0.3, 0.4) is 0 Å². The first-order valence-corrected chi connectivity index (χ1v) is 7.92. The van der Waals surface area contributed by atoms with E-state index >= 15 is 0 Å². The van der Waals surface area contributed by atoms with Crippen molar-refractivity contribution in [3.05, 3.63) is 11.1 Å². The third-order valence-corrected chi connectivity index (χ3v) is 3.30. The van der Waals surface area contributed by atoms with Gasteiger partial charge < -0.3 is 15.4 Å². The number of nitrogens with one attached hydrogen (secondary N) is 2. The molecule has 0 saturated heterocycles. The maximum atomic E-state index is 11.7. The number of carbonyl (C=O) groups excluding carboxylic acids is 2. The highest BCUT2D eigenvalue weighted by atomic mass is 32.1. The summed E-state index contributed by atoms with van der Waals surface area (Å²) in [6, 6.07) is 0.0206. The van der Waals surface area contributed by atoms with E-state index in [-0.39, 0.29) is 24.2 Å². The second-order valence-electron chi connectivity index (χ2n) is 5.45. The van der Waals surface area contributed by atoms with Gasteiger partial charge in [0, 0.05) is 18.0 Å². The lowest BCUT2D eigenvalue weighted by atomic mass is 10.1. The SMILES string of the molecule is CC(C)CCNc1nc(C(=O)OCC(=O)NC(C)C)cs1. The van der Waals surface area contributed by atoms with E-state index in [2.05, 4.69) is 29.5 Å². The molecule has 7 heteroatoms. The van der Waals surface area contributed by atoms with Crippen molar-refractivity contribution in [3.8, 4) is 0 Å². The third kappa shape index (κ3) is 7.08. The summed E-state index contributed by atoms with van der Waals surface area (Å²) in [6.07, 6.45) is 1.04. The van der Waals surface area contributed by atoms with Gasteiger partial charge in [-0.1, -0.05) is 13.8 Å². The summed E-state index contributed by atoms with van der Waals surface area (Å²) in [5.41, 5.74) is 0.226. The molecule has 0 radical (unpaired) electrons. The lowest BCUT2D eigenvalue weighted by Crippen LogP contribution is -2.34. The molecule has 0 fully saturated rings. The fourth-order valence-electron chi connectivity index (χ4n) is 1.49. The van der Waals surface area contributed by atoms with Gasteiger partial charge in [-0.2, -0.15) is 0 Å². The van der Waals surface area contributed by atoms with Gasteiger partial charge in [-0.05, 0) is 26.2 Å². The minimum Gasteiger partial charge on any atom is -0.451 e. The van der Waals surface area contributed by atoms with Crippen LogP contribution >= 0.6 is 11.3 Å². The van der Waals surface area contributed by atoms with E-state index in [1.54, 1.807) is 5.38 Å². The number of esters is 1. The topological polar surface area (TPSA) is 80.3 Å². The van der Waals surface area contributed by atoms with Gasteiger partial charge in [-0.25, -0.2) is 9.78 Å². The van der Waals surface area contributed by atoms with Crippen LogP contribution in [0, 0.1) is 5.92 Å². The van der Waals surface area contributed by atoms with Crippen LogP contribution in [0.25, 0.3) is 0 Å². The highest BCUT2D eigenvalue weighted by Crippen LogP contribution is 2.16. The Hall–Kier alpha value is -1.63. The van der Waals surface area contributed by atoms with Gasteiger partial charge in [0.1, 0.15) is 0 Å². The number of aromatic nitrogens is 1. The smallest absolute Gasteiger partial charge is 0.358 e. The molecule has 0 aromatic carbocycles. The highest BCUT2D eigenvalue weighted by Gasteiger charge is 2.14. The van der Waals surface area contributed by atoms with Crippen molar-refractivity contribution in [3.63, 3.8) is 0 Å². The minimum absolute atomic E-state index is 0.0206. The van der Waals surface area contributed by atoms with Crippen LogP contribution in [0.2, 0.25) is 0 Å². The van der Waals surface area contributed by atoms with Crippen molar-refractivity contribution >= 4 is 28.3 Å². The monoisotopic (exact) mass is 313 g/mol. The van der Waals surface area contributed by atoms with E-state index in [1.807, 2.05) is 13.8 Å². The molecule has 1 aromatic rings. The number of carbonyl (C=O) groups is 2. The van der Waals surface area contributed by atoms with Gasteiger partial charge >= 0.3 is 5.97 Å². The Bertz CT molecular complexity index is 472. The molecule has 1 rings (SSSR count). The van der Waals surface area contributed by atoms with Crippen molar-refractivity contribution in [2.75, 3.05) is 18.5 Å². The maximum Gasteiger partial charge on any atom is 0.358 e. The zero-order valence-electron chi connectivity index (χ0n) is 12.9. The van der Waals surface area contributed by atoms with Crippen LogP contribution in [0.1, 0.15) is 44.6 Å². The van der Waals surface area contributed by atoms with Crippen molar-refractivity contribution in [1.29, 1.82) is 0 Å². The van der Waals surface area contributed by atoms with Crippen LogP contribution in [0.4, 0.5) is 5.13 Å². The number of amides is 1. The summed E-state index contributed by atoms with van der Waals surface area (Å²) in [4.78, 5) is 27.3. The molecular formula is C14H23N3O3S. The summed E-state index contributed by atoms with van der Waals surface area (Å²) < 4.78 is 4.91. The molecule has 0 atom stereocenters. The molecule has 0 aliphatic heterocycles. The second kappa shape index (κ2) is 8.61. The molecule has 0 aliphatic carbocycles. The van der Waals surface area contributed by atoms with Crippen molar-refractivity contribution in [1.82, 2.24) is 10.3 Å². The number of rotatable bonds is 8. The van der Waals surface area contributed by atoms with Crippen LogP contribution in [-0.4, -0.2) is 36.1 Å². The molecule has 0 unspecified atom stereocenters. The lowest BCUT2D eigenvalue weighted by Gasteiger charge is -2.08. The molecule has 0 aliphatic rings. The number of thiazole rings is 1. The van der Waals surface area contributed by atoms with E-state index in [9.17, 15) is 9.59 Å². The molecule has 118 valence electrons. The summed E-state index contributed by atoms with van der Waals surface area (Å²) in [5.74, 6) is -0.285. The molecule has 1 heterocycles. The zero-order chi connectivity index (χ0) is 15.8. The summed E-state index contributed by atoms with van der Waals surface area (Å²) in [6.45, 7) is 8.51. The third-order valence-electron chi connectivity index (χ3n) is 2.50. The fourth-order valence-corrected chi connectivity index (χ4v) is 2.19. The van der Waals surface area contributed by atoms with Gasteiger partial charge in [0.25, 0.3) is 5.91 Å². The molecule has 2 N–H and O–H groups in total. The average Bonchev–Trinajstić information content (AvgIpc) is 2.83. The molecule has 21 heavy (non-hydrogen) atoms. The molecule has 0 bridgehead atoms. The quantitative estimate of drug-likeness (QED) is 0.720. The van der Waals surface area contributed by atoms with Crippen LogP contribution in [0.15, 0.2) is 5.38 Å². The highest BCUT2D eigenvalue weighted by molar-refractivity contribution is 7.13. The number of anilines is 1. The Morgan fingerprint density at radius 2 is 2.05 bits per heavy atom. The zero-order valence-corrected chi connectivity index (χ0v) is 13.8. The van der Waals surface area contributed by atoms with Crippen LogP contribution in [-0.2, 0) is 9.53 Å². The van der Waals surface area contributed by atoms with Crippen LogP contribution < -0.4 is 10.6 Å². The summed E-state index contributed by atoms with van der Waals surface area (Å²) >= 11 is 1.35. The Morgan fingerprint density at radius 1 is 1.33 bits per heavy atom. The predicted octanol–water partition coefficient (Wildman–Crippen LogP) is 2.28. The molecule has 1 aromatic heterocycles. The Kier molecular flexibility index (Phi) is 7.14. The summed E-state index contributed by atoms with van der Waals surface area (Å²) in [5, 5.41) is 8.12. The largest absolute Gasteiger partial charge is 0.451 e. The molecule has 0 saturated carbocycles. The molecule has 6 nitrogen and oxygen atoms in total. The van der Waals surface area contributed by atoms with Crippen molar-refractivity contribution in [2.45, 2.75) is 40.2 Å². The van der Waals surface area contributed by atoms with Gasteiger partial charge in [0.05, 0.1) is 0 Å². The van der Waals surface area contributed by atoms with E-state index in [4.69, 9.17) is 4.74 Å². The first-order valence-electron chi connectivity index (χ1n) is 7.04. The van der Waals surface area contributed by atoms with Gasteiger partial charge in [-0.3, -0.25) is 4.79 Å². The number of hydrogen-bond acceptors (Lipinski definition) is 6. The van der Waals surface area contributed by atoms with E-state index < -0.39 is 5.97 Å². The van der Waals surface area contributed by atoms with Crippen molar-refractivity contribution < 1.29 is 14.3 Å². The Labute approximate surface area is 129 Å². The standard InChI is InChI=1S/C14H23N3O3S/c1-9(2)5-6-15-14-17-11(8-21-14)13(19)20-7-12(18)16-10(3)4/h8-10H,5-7H2,1-4H3,(H,15,17)(H,16,18). The number of ether oxygens (including phenoxy) is 1. The number of hydrogen-bond donors (Lipinski definition) is 2. The summed E-state index contributed by atoms with van der Waals surface area (Å²) in [7, 11) is 0. The first kappa shape index (κ1) is 17.4.